The van der Waals surface area contributed by atoms with Gasteiger partial charge in [-0.1, -0.05) is 23.7 Å². The molecule has 0 saturated carbocycles. The number of methoxy groups -OCH3 is 1. The van der Waals surface area contributed by atoms with Gasteiger partial charge in [-0.2, -0.15) is 0 Å². The molecule has 2 aromatic rings. The molecule has 0 unspecified atom stereocenters. The Kier molecular flexibility index (Phi) is 8.51. The van der Waals surface area contributed by atoms with E-state index in [-0.39, 0.29) is 16.6 Å². The fourth-order valence-corrected chi connectivity index (χ4v) is 4.72. The molecule has 0 aliphatic heterocycles. The van der Waals surface area contributed by atoms with Crippen LogP contribution in [0.25, 0.3) is 0 Å². The second-order valence-electron chi connectivity index (χ2n) is 7.07. The number of anilines is 2. The van der Waals surface area contributed by atoms with Crippen molar-refractivity contribution in [2.75, 3.05) is 36.1 Å². The molecule has 0 aliphatic rings. The normalized spacial score (nSPS) is 12.1. The van der Waals surface area contributed by atoms with Crippen molar-refractivity contribution in [3.8, 4) is 5.75 Å². The smallest absolute Gasteiger partial charge is 0.255 e. The number of para-hydroxylation sites is 1. The van der Waals surface area contributed by atoms with E-state index < -0.39 is 22.0 Å². The molecule has 0 aliphatic carbocycles. The molecule has 0 fully saturated rings. The minimum atomic E-state index is -3.84. The molecule has 2 aromatic carbocycles. The molecule has 0 radical (unpaired) electrons. The fourth-order valence-electron chi connectivity index (χ4n) is 3.30. The van der Waals surface area contributed by atoms with Gasteiger partial charge < -0.3 is 15.0 Å². The molecular formula is C22H28ClN3O5S. The number of ether oxygens (including phenoxy) is 1. The van der Waals surface area contributed by atoms with Crippen LogP contribution < -0.4 is 14.4 Å². The highest BCUT2D eigenvalue weighted by molar-refractivity contribution is 7.92. The van der Waals surface area contributed by atoms with E-state index in [0.717, 1.165) is 10.6 Å². The lowest BCUT2D eigenvalue weighted by molar-refractivity contribution is -0.116. The Morgan fingerprint density at radius 1 is 1.12 bits per heavy atom. The van der Waals surface area contributed by atoms with Gasteiger partial charge in [-0.25, -0.2) is 8.42 Å². The lowest BCUT2D eigenvalue weighted by atomic mass is 10.1. The molecule has 32 heavy (non-hydrogen) atoms. The maximum absolute atomic E-state index is 13.1. The van der Waals surface area contributed by atoms with Gasteiger partial charge >= 0.3 is 0 Å². The Hall–Kier alpha value is -2.78. The quantitative estimate of drug-likeness (QED) is 0.590. The molecule has 8 nitrogen and oxygen atoms in total. The van der Waals surface area contributed by atoms with Gasteiger partial charge in [-0.05, 0) is 51.1 Å². The van der Waals surface area contributed by atoms with Gasteiger partial charge in [0.15, 0.2) is 0 Å². The van der Waals surface area contributed by atoms with Crippen LogP contribution in [0.4, 0.5) is 11.4 Å². The first-order valence-corrected chi connectivity index (χ1v) is 12.3. The number of amides is 2. The van der Waals surface area contributed by atoms with Crippen molar-refractivity contribution >= 4 is 44.8 Å². The molecule has 174 valence electrons. The number of hydrogen-bond donors (Lipinski definition) is 1. The van der Waals surface area contributed by atoms with Crippen molar-refractivity contribution in [2.45, 2.75) is 26.8 Å². The van der Waals surface area contributed by atoms with Crippen molar-refractivity contribution in [2.24, 2.45) is 0 Å². The van der Waals surface area contributed by atoms with Crippen LogP contribution in [-0.4, -0.2) is 57.6 Å². The van der Waals surface area contributed by atoms with Crippen molar-refractivity contribution in [3.05, 3.63) is 53.1 Å². The molecule has 2 amide bonds. The summed E-state index contributed by atoms with van der Waals surface area (Å²) in [7, 11) is -2.39. The summed E-state index contributed by atoms with van der Waals surface area (Å²) in [5.41, 5.74) is 0.853. The monoisotopic (exact) mass is 481 g/mol. The summed E-state index contributed by atoms with van der Waals surface area (Å²) < 4.78 is 31.2. The third-order valence-electron chi connectivity index (χ3n) is 4.94. The topological polar surface area (TPSA) is 96.0 Å². The van der Waals surface area contributed by atoms with Gasteiger partial charge in [0.05, 0.1) is 35.3 Å². The van der Waals surface area contributed by atoms with Crippen LogP contribution in [0, 0.1) is 0 Å². The van der Waals surface area contributed by atoms with Crippen LogP contribution in [0.1, 0.15) is 31.1 Å². The predicted molar refractivity (Wildman–Crippen MR) is 127 cm³/mol. The fraction of sp³-hybridized carbons (Fsp3) is 0.364. The number of carbonyl (C=O) groups excluding carboxylic acids is 2. The van der Waals surface area contributed by atoms with Gasteiger partial charge in [0, 0.05) is 13.1 Å². The average molecular weight is 482 g/mol. The molecule has 2 rings (SSSR count). The number of hydrogen-bond acceptors (Lipinski definition) is 5. The summed E-state index contributed by atoms with van der Waals surface area (Å²) in [6.45, 7) is 6.24. The number of sulfonamides is 1. The molecule has 0 spiro atoms. The second kappa shape index (κ2) is 10.7. The zero-order valence-corrected chi connectivity index (χ0v) is 20.3. The van der Waals surface area contributed by atoms with E-state index in [9.17, 15) is 18.0 Å². The van der Waals surface area contributed by atoms with Gasteiger partial charge in [0.1, 0.15) is 11.8 Å². The number of carbonyl (C=O) groups is 2. The molecule has 10 heteroatoms. The van der Waals surface area contributed by atoms with E-state index in [2.05, 4.69) is 5.32 Å². The highest BCUT2D eigenvalue weighted by atomic mass is 35.5. The van der Waals surface area contributed by atoms with Crippen molar-refractivity contribution in [1.29, 1.82) is 0 Å². The van der Waals surface area contributed by atoms with E-state index >= 15 is 0 Å². The van der Waals surface area contributed by atoms with Crippen molar-refractivity contribution in [1.82, 2.24) is 4.90 Å². The minimum Gasteiger partial charge on any atom is -0.495 e. The van der Waals surface area contributed by atoms with Crippen LogP contribution in [0.3, 0.4) is 0 Å². The Bertz CT molecular complexity index is 1090. The second-order valence-corrected chi connectivity index (χ2v) is 9.33. The Morgan fingerprint density at radius 2 is 1.75 bits per heavy atom. The zero-order valence-electron chi connectivity index (χ0n) is 18.8. The van der Waals surface area contributed by atoms with Crippen molar-refractivity contribution in [3.63, 3.8) is 0 Å². The Labute approximate surface area is 194 Å². The van der Waals surface area contributed by atoms with Crippen molar-refractivity contribution < 1.29 is 22.7 Å². The maximum atomic E-state index is 13.1. The first-order valence-electron chi connectivity index (χ1n) is 10.1. The first-order chi connectivity index (χ1) is 15.0. The summed E-state index contributed by atoms with van der Waals surface area (Å²) in [5, 5.41) is 2.91. The zero-order chi connectivity index (χ0) is 24.1. The number of nitrogens with zero attached hydrogens (tertiary/aromatic N) is 2. The standard InChI is InChI=1S/C22H28ClN3O5S/c1-6-25(7-2)22(28)17-10-8-9-11-19(17)24-21(27)15(3)26(32(5,29)30)16-12-13-20(31-4)18(23)14-16/h8-15H,6-7H2,1-5H3,(H,24,27)/t15-/m1/s1. The summed E-state index contributed by atoms with van der Waals surface area (Å²) in [4.78, 5) is 27.5. The third kappa shape index (κ3) is 5.72. The Balaban J connectivity index is 2.38. The average Bonchev–Trinajstić information content (AvgIpc) is 2.74. The van der Waals surface area contributed by atoms with Crippen LogP contribution >= 0.6 is 11.6 Å². The summed E-state index contributed by atoms with van der Waals surface area (Å²) >= 11 is 6.16. The highest BCUT2D eigenvalue weighted by Crippen LogP contribution is 2.31. The molecule has 0 aromatic heterocycles. The molecule has 0 bridgehead atoms. The highest BCUT2D eigenvalue weighted by Gasteiger charge is 2.30. The number of benzene rings is 2. The maximum Gasteiger partial charge on any atom is 0.255 e. The van der Waals surface area contributed by atoms with Gasteiger partial charge in [-0.3, -0.25) is 13.9 Å². The lowest BCUT2D eigenvalue weighted by Gasteiger charge is -2.29. The van der Waals surface area contributed by atoms with E-state index in [0.29, 0.717) is 30.1 Å². The SMILES string of the molecule is CCN(CC)C(=O)c1ccccc1NC(=O)[C@@H](C)N(c1ccc(OC)c(Cl)c1)S(C)(=O)=O. The number of halogens is 1. The molecule has 0 saturated heterocycles. The van der Waals surface area contributed by atoms with E-state index in [1.807, 2.05) is 13.8 Å². The van der Waals surface area contributed by atoms with Gasteiger partial charge in [0.25, 0.3) is 5.91 Å². The van der Waals surface area contributed by atoms with Gasteiger partial charge in [0.2, 0.25) is 15.9 Å². The van der Waals surface area contributed by atoms with E-state index in [1.54, 1.807) is 29.2 Å². The minimum absolute atomic E-state index is 0.210. The largest absolute Gasteiger partial charge is 0.495 e. The molecule has 0 heterocycles. The van der Waals surface area contributed by atoms with E-state index in [4.69, 9.17) is 16.3 Å². The third-order valence-corrected chi connectivity index (χ3v) is 6.48. The summed E-state index contributed by atoms with van der Waals surface area (Å²) in [6, 6.07) is 9.96. The van der Waals surface area contributed by atoms with E-state index in [1.165, 1.54) is 32.2 Å². The Morgan fingerprint density at radius 3 is 2.28 bits per heavy atom. The van der Waals surface area contributed by atoms with Crippen LogP contribution in [0.5, 0.6) is 5.75 Å². The molecular weight excluding hydrogens is 454 g/mol. The molecule has 1 N–H and O–H groups in total. The predicted octanol–water partition coefficient (Wildman–Crippen LogP) is 3.62. The number of nitrogens with one attached hydrogen (secondary N) is 1. The van der Waals surface area contributed by atoms with Crippen LogP contribution in [0.2, 0.25) is 5.02 Å². The number of rotatable bonds is 9. The van der Waals surface area contributed by atoms with Crippen LogP contribution in [0.15, 0.2) is 42.5 Å². The lowest BCUT2D eigenvalue weighted by Crippen LogP contribution is -2.45. The molecule has 1 atom stereocenters. The van der Waals surface area contributed by atoms with Gasteiger partial charge in [-0.15, -0.1) is 0 Å². The summed E-state index contributed by atoms with van der Waals surface area (Å²) in [5.74, 6) is -0.438. The first kappa shape index (κ1) is 25.5. The van der Waals surface area contributed by atoms with Crippen LogP contribution in [-0.2, 0) is 14.8 Å². The summed E-state index contributed by atoms with van der Waals surface area (Å²) in [6.07, 6.45) is 1.01.